The maximum atomic E-state index is 2.47. The predicted molar refractivity (Wildman–Crippen MR) is 92.4 cm³/mol. The SMILES string of the molecule is CC1=CC(C(C)(C)C)=CC1Cc1cccc2ccccc12. The van der Waals surface area contributed by atoms with Crippen LogP contribution in [0.5, 0.6) is 0 Å². The second-order valence-corrected chi connectivity index (χ2v) is 7.21. The van der Waals surface area contributed by atoms with E-state index in [9.17, 15) is 0 Å². The maximum Gasteiger partial charge on any atom is 0.00238 e. The molecule has 1 unspecified atom stereocenters. The molecule has 0 amide bonds. The summed E-state index contributed by atoms with van der Waals surface area (Å²) in [5.41, 5.74) is 4.67. The molecule has 0 heterocycles. The third-order valence-corrected chi connectivity index (χ3v) is 4.53. The summed E-state index contributed by atoms with van der Waals surface area (Å²) in [6, 6.07) is 15.4. The van der Waals surface area contributed by atoms with Gasteiger partial charge in [-0.3, -0.25) is 0 Å². The fourth-order valence-electron chi connectivity index (χ4n) is 3.14. The molecule has 0 fully saturated rings. The van der Waals surface area contributed by atoms with Crippen LogP contribution >= 0.6 is 0 Å². The quantitative estimate of drug-likeness (QED) is 0.637. The highest BCUT2D eigenvalue weighted by Gasteiger charge is 2.23. The van der Waals surface area contributed by atoms with E-state index in [0.717, 1.165) is 6.42 Å². The number of benzene rings is 2. The van der Waals surface area contributed by atoms with Gasteiger partial charge in [0.05, 0.1) is 0 Å². The fraction of sp³-hybridized carbons (Fsp3) is 0.333. The largest absolute Gasteiger partial charge is 0.0733 e. The van der Waals surface area contributed by atoms with Crippen LogP contribution < -0.4 is 0 Å². The number of rotatable bonds is 2. The highest BCUT2D eigenvalue weighted by Crippen LogP contribution is 2.37. The monoisotopic (exact) mass is 276 g/mol. The maximum absolute atomic E-state index is 2.47. The first-order valence-corrected chi connectivity index (χ1v) is 7.82. The molecular weight excluding hydrogens is 252 g/mol. The molecule has 0 N–H and O–H groups in total. The summed E-state index contributed by atoms with van der Waals surface area (Å²) in [5, 5.41) is 2.74. The van der Waals surface area contributed by atoms with Crippen molar-refractivity contribution in [3.8, 4) is 0 Å². The molecule has 0 saturated heterocycles. The highest BCUT2D eigenvalue weighted by atomic mass is 14.3. The van der Waals surface area contributed by atoms with Crippen LogP contribution in [0.4, 0.5) is 0 Å². The second kappa shape index (κ2) is 5.18. The molecule has 2 aromatic carbocycles. The molecule has 3 rings (SSSR count). The van der Waals surface area contributed by atoms with E-state index in [-0.39, 0.29) is 5.41 Å². The Kier molecular flexibility index (Phi) is 3.49. The van der Waals surface area contributed by atoms with Crippen molar-refractivity contribution in [3.63, 3.8) is 0 Å². The number of fused-ring (bicyclic) bond motifs is 1. The Morgan fingerprint density at radius 3 is 2.38 bits per heavy atom. The number of hydrogen-bond acceptors (Lipinski definition) is 0. The minimum absolute atomic E-state index is 0.245. The molecule has 0 aliphatic heterocycles. The van der Waals surface area contributed by atoms with Gasteiger partial charge in [0.15, 0.2) is 0 Å². The summed E-state index contributed by atoms with van der Waals surface area (Å²) in [4.78, 5) is 0. The zero-order chi connectivity index (χ0) is 15.0. The Balaban J connectivity index is 1.94. The summed E-state index contributed by atoms with van der Waals surface area (Å²) in [5.74, 6) is 0.546. The zero-order valence-corrected chi connectivity index (χ0v) is 13.5. The lowest BCUT2D eigenvalue weighted by molar-refractivity contribution is 0.516. The van der Waals surface area contributed by atoms with Gasteiger partial charge in [-0.05, 0) is 40.7 Å². The Morgan fingerprint density at radius 1 is 0.952 bits per heavy atom. The lowest BCUT2D eigenvalue weighted by Crippen LogP contribution is -2.06. The predicted octanol–water partition coefficient (Wildman–Crippen LogP) is 5.93. The van der Waals surface area contributed by atoms with Crippen molar-refractivity contribution in [1.29, 1.82) is 0 Å². The van der Waals surface area contributed by atoms with E-state index in [4.69, 9.17) is 0 Å². The molecule has 0 nitrogen and oxygen atoms in total. The summed E-state index contributed by atoms with van der Waals surface area (Å²) in [6.45, 7) is 9.15. The molecule has 108 valence electrons. The Labute approximate surface area is 128 Å². The van der Waals surface area contributed by atoms with Crippen molar-refractivity contribution >= 4 is 10.8 Å². The summed E-state index contributed by atoms with van der Waals surface area (Å²) >= 11 is 0. The Bertz CT molecular complexity index is 718. The number of allylic oxidation sites excluding steroid dienone is 4. The van der Waals surface area contributed by atoms with E-state index in [1.54, 1.807) is 0 Å². The molecule has 0 aromatic heterocycles. The molecule has 0 saturated carbocycles. The third kappa shape index (κ3) is 2.81. The van der Waals surface area contributed by atoms with E-state index < -0.39 is 0 Å². The smallest absolute Gasteiger partial charge is 0.00238 e. The van der Waals surface area contributed by atoms with Crippen molar-refractivity contribution < 1.29 is 0 Å². The van der Waals surface area contributed by atoms with Gasteiger partial charge in [-0.2, -0.15) is 0 Å². The van der Waals surface area contributed by atoms with Gasteiger partial charge >= 0.3 is 0 Å². The van der Waals surface area contributed by atoms with Crippen molar-refractivity contribution in [2.45, 2.75) is 34.1 Å². The van der Waals surface area contributed by atoms with Crippen molar-refractivity contribution in [3.05, 3.63) is 71.3 Å². The first kappa shape index (κ1) is 14.1. The van der Waals surface area contributed by atoms with E-state index in [2.05, 4.69) is 82.3 Å². The van der Waals surface area contributed by atoms with E-state index in [0.29, 0.717) is 5.92 Å². The fourth-order valence-corrected chi connectivity index (χ4v) is 3.14. The lowest BCUT2D eigenvalue weighted by Gasteiger charge is -2.18. The molecule has 0 spiro atoms. The average Bonchev–Trinajstić information content (AvgIpc) is 2.81. The van der Waals surface area contributed by atoms with Crippen LogP contribution in [-0.4, -0.2) is 0 Å². The van der Waals surface area contributed by atoms with E-state index >= 15 is 0 Å². The van der Waals surface area contributed by atoms with Crippen LogP contribution in [0.3, 0.4) is 0 Å². The third-order valence-electron chi connectivity index (χ3n) is 4.53. The zero-order valence-electron chi connectivity index (χ0n) is 13.5. The Morgan fingerprint density at radius 2 is 1.67 bits per heavy atom. The topological polar surface area (TPSA) is 0 Å². The second-order valence-electron chi connectivity index (χ2n) is 7.21. The first-order valence-electron chi connectivity index (χ1n) is 7.82. The molecule has 0 bridgehead atoms. The van der Waals surface area contributed by atoms with Gasteiger partial charge in [-0.25, -0.2) is 0 Å². The molecule has 1 aliphatic rings. The van der Waals surface area contributed by atoms with Gasteiger partial charge in [-0.1, -0.05) is 81.0 Å². The van der Waals surface area contributed by atoms with Crippen LogP contribution in [-0.2, 0) is 6.42 Å². The summed E-state index contributed by atoms with van der Waals surface area (Å²) in [7, 11) is 0. The summed E-state index contributed by atoms with van der Waals surface area (Å²) in [6.07, 6.45) is 5.95. The average molecular weight is 276 g/mol. The van der Waals surface area contributed by atoms with Gasteiger partial charge in [-0.15, -0.1) is 0 Å². The van der Waals surface area contributed by atoms with Gasteiger partial charge in [0, 0.05) is 5.92 Å². The number of hydrogen-bond donors (Lipinski definition) is 0. The van der Waals surface area contributed by atoms with Crippen molar-refractivity contribution in [2.24, 2.45) is 11.3 Å². The van der Waals surface area contributed by atoms with Crippen LogP contribution in [0.1, 0.15) is 33.3 Å². The molecule has 1 atom stereocenters. The normalized spacial score (nSPS) is 18.8. The molecular formula is C21H24. The van der Waals surface area contributed by atoms with E-state index in [1.807, 2.05) is 0 Å². The molecule has 21 heavy (non-hydrogen) atoms. The summed E-state index contributed by atoms with van der Waals surface area (Å²) < 4.78 is 0. The highest BCUT2D eigenvalue weighted by molar-refractivity contribution is 5.85. The molecule has 0 radical (unpaired) electrons. The minimum Gasteiger partial charge on any atom is -0.0733 e. The van der Waals surface area contributed by atoms with Crippen LogP contribution in [0.2, 0.25) is 0 Å². The molecule has 0 heteroatoms. The van der Waals surface area contributed by atoms with Gasteiger partial charge in [0.2, 0.25) is 0 Å². The standard InChI is InChI=1S/C21H24/c1-15-12-19(21(2,3)4)14-18(15)13-17-10-7-9-16-8-5-6-11-20(16)17/h5-12,14,18H,13H2,1-4H3. The van der Waals surface area contributed by atoms with Gasteiger partial charge in [0.1, 0.15) is 0 Å². The van der Waals surface area contributed by atoms with Gasteiger partial charge < -0.3 is 0 Å². The minimum atomic E-state index is 0.245. The molecule has 1 aliphatic carbocycles. The van der Waals surface area contributed by atoms with Crippen LogP contribution in [0.15, 0.2) is 65.8 Å². The lowest BCUT2D eigenvalue weighted by atomic mass is 9.86. The van der Waals surface area contributed by atoms with Gasteiger partial charge in [0.25, 0.3) is 0 Å². The molecule has 2 aromatic rings. The first-order chi connectivity index (χ1) is 9.95. The van der Waals surface area contributed by atoms with Crippen LogP contribution in [0.25, 0.3) is 10.8 Å². The van der Waals surface area contributed by atoms with Crippen molar-refractivity contribution in [2.75, 3.05) is 0 Å². The van der Waals surface area contributed by atoms with Crippen molar-refractivity contribution in [1.82, 2.24) is 0 Å². The van der Waals surface area contributed by atoms with E-state index in [1.165, 1.54) is 27.5 Å². The Hall–Kier alpha value is -1.82. The van der Waals surface area contributed by atoms with Crippen LogP contribution in [0, 0.1) is 11.3 Å².